The molecule has 7 heteroatoms. The first-order chi connectivity index (χ1) is 14.2. The summed E-state index contributed by atoms with van der Waals surface area (Å²) < 4.78 is 21.5. The van der Waals surface area contributed by atoms with Crippen LogP contribution in [0.4, 0.5) is 10.5 Å². The van der Waals surface area contributed by atoms with Gasteiger partial charge < -0.3 is 14.5 Å². The number of carbonyl (C=O) groups is 1. The van der Waals surface area contributed by atoms with Crippen molar-refractivity contribution < 1.29 is 13.7 Å². The van der Waals surface area contributed by atoms with Crippen LogP contribution in [0.25, 0.3) is 0 Å². The molecule has 1 aromatic carbocycles. The van der Waals surface area contributed by atoms with Crippen molar-refractivity contribution in [3.63, 3.8) is 0 Å². The molecule has 0 bridgehead atoms. The molecule has 2 rings (SSSR count). The van der Waals surface area contributed by atoms with Crippen molar-refractivity contribution in [3.05, 3.63) is 29.3 Å². The van der Waals surface area contributed by atoms with Gasteiger partial charge in [-0.3, -0.25) is 0 Å². The molecule has 0 radical (unpaired) electrons. The number of nitrogens with one attached hydrogen (secondary N) is 1. The summed E-state index contributed by atoms with van der Waals surface area (Å²) in [5.41, 5.74) is 3.00. The van der Waals surface area contributed by atoms with Crippen molar-refractivity contribution in [2.24, 2.45) is 5.92 Å². The van der Waals surface area contributed by atoms with Gasteiger partial charge in [0.05, 0.1) is 15.7 Å². The van der Waals surface area contributed by atoms with Gasteiger partial charge in [-0.15, -0.1) is 0 Å². The predicted molar refractivity (Wildman–Crippen MR) is 130 cm³/mol. The number of nitrogens with zero attached hydrogens (tertiary/aromatic N) is 2. The molecule has 6 nitrogen and oxygen atoms in total. The van der Waals surface area contributed by atoms with E-state index in [1.165, 1.54) is 11.1 Å². The number of hydrogen-bond acceptors (Lipinski definition) is 4. The molecule has 1 aromatic rings. The summed E-state index contributed by atoms with van der Waals surface area (Å²) in [7, 11) is -1.17. The smallest absolute Gasteiger partial charge is 0.410 e. The second kappa shape index (κ2) is 9.90. The molecule has 1 aliphatic heterocycles. The Bertz CT molecular complexity index is 788. The number of rotatable bonds is 5. The van der Waals surface area contributed by atoms with E-state index in [1.54, 1.807) is 4.90 Å². The first-order valence-corrected chi connectivity index (χ1v) is 12.4. The quantitative estimate of drug-likeness (QED) is 0.698. The molecule has 0 spiro atoms. The summed E-state index contributed by atoms with van der Waals surface area (Å²) in [5, 5.41) is 0. The van der Waals surface area contributed by atoms with Gasteiger partial charge in [0.1, 0.15) is 5.60 Å². The lowest BCUT2D eigenvalue weighted by atomic mass is 9.93. The van der Waals surface area contributed by atoms with E-state index in [9.17, 15) is 9.00 Å². The Morgan fingerprint density at radius 3 is 2.13 bits per heavy atom. The van der Waals surface area contributed by atoms with E-state index in [-0.39, 0.29) is 22.8 Å². The highest BCUT2D eigenvalue weighted by Crippen LogP contribution is 2.33. The van der Waals surface area contributed by atoms with Crippen LogP contribution in [0.2, 0.25) is 0 Å². The molecule has 1 heterocycles. The molecular formula is C24H41N3O3S. The van der Waals surface area contributed by atoms with Gasteiger partial charge in [-0.25, -0.2) is 13.7 Å². The first kappa shape index (κ1) is 25.7. The minimum atomic E-state index is -1.17. The molecule has 2 atom stereocenters. The van der Waals surface area contributed by atoms with E-state index >= 15 is 0 Å². The second-order valence-electron chi connectivity index (χ2n) is 10.7. The van der Waals surface area contributed by atoms with Crippen molar-refractivity contribution in [3.8, 4) is 0 Å². The predicted octanol–water partition coefficient (Wildman–Crippen LogP) is 4.80. The molecule has 0 aromatic heterocycles. The Labute approximate surface area is 191 Å². The molecule has 0 aliphatic carbocycles. The van der Waals surface area contributed by atoms with E-state index in [1.807, 2.05) is 41.5 Å². The maximum absolute atomic E-state index is 12.9. The third kappa shape index (κ3) is 7.21. The van der Waals surface area contributed by atoms with Crippen LogP contribution in [-0.4, -0.2) is 51.7 Å². The van der Waals surface area contributed by atoms with Crippen LogP contribution in [0.15, 0.2) is 18.2 Å². The monoisotopic (exact) mass is 451 g/mol. The Kier molecular flexibility index (Phi) is 8.20. The van der Waals surface area contributed by atoms with Crippen LogP contribution in [0.5, 0.6) is 0 Å². The molecule has 31 heavy (non-hydrogen) atoms. The van der Waals surface area contributed by atoms with Crippen LogP contribution in [-0.2, 0) is 15.7 Å². The van der Waals surface area contributed by atoms with E-state index in [2.05, 4.69) is 48.6 Å². The summed E-state index contributed by atoms with van der Waals surface area (Å²) in [6, 6.07) is 6.45. The standard InChI is InChI=1S/C24H41N3O3S/c1-17(2)21(25-31(29)24(7,8)9)19-16-18(3)10-11-20(19)26-12-14-27(15-13-26)22(28)30-23(4,5)6/h10-11,16-17,21,25H,12-15H2,1-9H3/t21-,31-/m0/s1. The molecule has 1 amide bonds. The molecule has 1 saturated heterocycles. The van der Waals surface area contributed by atoms with E-state index in [4.69, 9.17) is 4.74 Å². The summed E-state index contributed by atoms with van der Waals surface area (Å²) in [6.45, 7) is 20.7. The van der Waals surface area contributed by atoms with Crippen molar-refractivity contribution >= 4 is 22.8 Å². The zero-order valence-electron chi connectivity index (χ0n) is 20.7. The summed E-state index contributed by atoms with van der Waals surface area (Å²) >= 11 is 0. The molecule has 1 aliphatic rings. The van der Waals surface area contributed by atoms with Gasteiger partial charge in [-0.05, 0) is 66.0 Å². The Morgan fingerprint density at radius 1 is 1.06 bits per heavy atom. The number of anilines is 1. The van der Waals surface area contributed by atoms with Gasteiger partial charge in [0.15, 0.2) is 0 Å². The van der Waals surface area contributed by atoms with Gasteiger partial charge >= 0.3 is 6.09 Å². The van der Waals surface area contributed by atoms with E-state index in [0.717, 1.165) is 18.8 Å². The number of carbonyl (C=O) groups excluding carboxylic acids is 1. The topological polar surface area (TPSA) is 61.9 Å². The van der Waals surface area contributed by atoms with Crippen LogP contribution >= 0.6 is 0 Å². The third-order valence-electron chi connectivity index (χ3n) is 5.25. The molecule has 0 unspecified atom stereocenters. The first-order valence-electron chi connectivity index (χ1n) is 11.2. The number of amides is 1. The van der Waals surface area contributed by atoms with Gasteiger partial charge in [-0.2, -0.15) is 0 Å². The fourth-order valence-electron chi connectivity index (χ4n) is 3.52. The van der Waals surface area contributed by atoms with Crippen LogP contribution in [0.1, 0.15) is 72.6 Å². The zero-order chi connectivity index (χ0) is 23.6. The van der Waals surface area contributed by atoms with Gasteiger partial charge in [0, 0.05) is 37.9 Å². The lowest BCUT2D eigenvalue weighted by Crippen LogP contribution is -2.50. The summed E-state index contributed by atoms with van der Waals surface area (Å²) in [5.74, 6) is 0.273. The lowest BCUT2D eigenvalue weighted by Gasteiger charge is -2.39. The van der Waals surface area contributed by atoms with Crippen molar-refractivity contribution in [2.45, 2.75) is 78.7 Å². The highest BCUT2D eigenvalue weighted by molar-refractivity contribution is 7.84. The summed E-state index contributed by atoms with van der Waals surface area (Å²) in [6.07, 6.45) is -0.251. The fraction of sp³-hybridized carbons (Fsp3) is 0.708. The zero-order valence-corrected chi connectivity index (χ0v) is 21.6. The third-order valence-corrected chi connectivity index (χ3v) is 6.83. The maximum atomic E-state index is 12.9. The molecule has 0 saturated carbocycles. The molecule has 1 N–H and O–H groups in total. The minimum absolute atomic E-state index is 0.0288. The molecular weight excluding hydrogens is 410 g/mol. The Hall–Kier alpha value is -1.60. The number of benzene rings is 1. The van der Waals surface area contributed by atoms with Crippen molar-refractivity contribution in [2.75, 3.05) is 31.1 Å². The van der Waals surface area contributed by atoms with Gasteiger partial charge in [-0.1, -0.05) is 31.5 Å². The van der Waals surface area contributed by atoms with Gasteiger partial charge in [0.25, 0.3) is 0 Å². The second-order valence-corrected chi connectivity index (χ2v) is 12.7. The van der Waals surface area contributed by atoms with E-state index in [0.29, 0.717) is 13.1 Å². The normalized spacial score (nSPS) is 17.6. The van der Waals surface area contributed by atoms with Crippen molar-refractivity contribution in [1.29, 1.82) is 0 Å². The highest BCUT2D eigenvalue weighted by Gasteiger charge is 2.30. The number of piperazine rings is 1. The van der Waals surface area contributed by atoms with Crippen LogP contribution < -0.4 is 9.62 Å². The molecule has 176 valence electrons. The maximum Gasteiger partial charge on any atom is 0.410 e. The van der Waals surface area contributed by atoms with E-state index < -0.39 is 16.6 Å². The molecule has 1 fully saturated rings. The average Bonchev–Trinajstić information content (AvgIpc) is 2.63. The fourth-order valence-corrected chi connectivity index (χ4v) is 4.50. The number of ether oxygens (including phenoxy) is 1. The summed E-state index contributed by atoms with van der Waals surface area (Å²) in [4.78, 5) is 16.5. The van der Waals surface area contributed by atoms with Crippen LogP contribution in [0, 0.1) is 12.8 Å². The Morgan fingerprint density at radius 2 is 1.65 bits per heavy atom. The average molecular weight is 452 g/mol. The highest BCUT2D eigenvalue weighted by atomic mass is 32.2. The SMILES string of the molecule is Cc1ccc(N2CCN(C(=O)OC(C)(C)C)CC2)c([C@@H](N[S@@](=O)C(C)(C)C)C(C)C)c1. The minimum Gasteiger partial charge on any atom is -0.444 e. The Balaban J connectivity index is 2.23. The largest absolute Gasteiger partial charge is 0.444 e. The van der Waals surface area contributed by atoms with Crippen LogP contribution in [0.3, 0.4) is 0 Å². The van der Waals surface area contributed by atoms with Crippen molar-refractivity contribution in [1.82, 2.24) is 9.62 Å². The van der Waals surface area contributed by atoms with Gasteiger partial charge in [0.2, 0.25) is 0 Å². The number of aryl methyl sites for hydroxylation is 1. The lowest BCUT2D eigenvalue weighted by molar-refractivity contribution is 0.0240. The number of hydrogen-bond donors (Lipinski definition) is 1.